The fraction of sp³-hybridized carbons (Fsp3) is 0.783. The molecule has 0 bridgehead atoms. The van der Waals surface area contributed by atoms with Gasteiger partial charge in [0.25, 0.3) is 0 Å². The molecule has 0 aromatic carbocycles. The predicted octanol–water partition coefficient (Wildman–Crippen LogP) is 22.1. The maximum Gasteiger partial charge on any atom is 0.306 e. The van der Waals surface area contributed by atoms with Gasteiger partial charge in [-0.05, 0) is 83.5 Å². The zero-order chi connectivity index (χ0) is 54.3. The van der Waals surface area contributed by atoms with Crippen LogP contribution in [0, 0.1) is 0 Å². The second-order valence-electron chi connectivity index (χ2n) is 21.6. The molecule has 0 saturated carbocycles. The van der Waals surface area contributed by atoms with Gasteiger partial charge in [0.2, 0.25) is 0 Å². The van der Waals surface area contributed by atoms with E-state index in [1.165, 1.54) is 173 Å². The van der Waals surface area contributed by atoms with Crippen LogP contribution in [0.1, 0.15) is 329 Å². The van der Waals surface area contributed by atoms with E-state index in [4.69, 9.17) is 14.2 Å². The van der Waals surface area contributed by atoms with E-state index < -0.39 is 6.10 Å². The Kier molecular flexibility index (Phi) is 60.7. The van der Waals surface area contributed by atoms with Crippen LogP contribution in [0.4, 0.5) is 0 Å². The van der Waals surface area contributed by atoms with Crippen molar-refractivity contribution in [3.05, 3.63) is 72.9 Å². The van der Waals surface area contributed by atoms with Crippen molar-refractivity contribution in [2.75, 3.05) is 13.2 Å². The Morgan fingerprint density at radius 1 is 0.280 bits per heavy atom. The fourth-order valence-corrected chi connectivity index (χ4v) is 9.36. The van der Waals surface area contributed by atoms with Gasteiger partial charge in [0.05, 0.1) is 0 Å². The lowest BCUT2D eigenvalue weighted by Crippen LogP contribution is -2.30. The number of allylic oxidation sites excluding steroid dienone is 12. The van der Waals surface area contributed by atoms with Gasteiger partial charge < -0.3 is 14.2 Å². The summed E-state index contributed by atoms with van der Waals surface area (Å²) in [5.74, 6) is -0.887. The van der Waals surface area contributed by atoms with Crippen LogP contribution in [-0.2, 0) is 28.6 Å². The van der Waals surface area contributed by atoms with Crippen LogP contribution in [0.15, 0.2) is 72.9 Å². The highest BCUT2D eigenvalue weighted by Gasteiger charge is 2.19. The number of carbonyl (C=O) groups is 3. The van der Waals surface area contributed by atoms with E-state index >= 15 is 0 Å². The molecule has 0 radical (unpaired) electrons. The van der Waals surface area contributed by atoms with Gasteiger partial charge in [-0.25, -0.2) is 0 Å². The van der Waals surface area contributed by atoms with E-state index in [0.717, 1.165) is 116 Å². The minimum atomic E-state index is -0.786. The first-order chi connectivity index (χ1) is 37.0. The lowest BCUT2D eigenvalue weighted by molar-refractivity contribution is -0.167. The molecule has 0 saturated heterocycles. The van der Waals surface area contributed by atoms with Gasteiger partial charge >= 0.3 is 17.9 Å². The highest BCUT2D eigenvalue weighted by atomic mass is 16.6. The third-order valence-electron chi connectivity index (χ3n) is 14.2. The predicted molar refractivity (Wildman–Crippen MR) is 325 cm³/mol. The van der Waals surface area contributed by atoms with Gasteiger partial charge in [0.1, 0.15) is 13.2 Å². The van der Waals surface area contributed by atoms with E-state index in [2.05, 4.69) is 93.7 Å². The summed E-state index contributed by atoms with van der Waals surface area (Å²) >= 11 is 0. The van der Waals surface area contributed by atoms with Crippen LogP contribution in [-0.4, -0.2) is 37.2 Å². The highest BCUT2D eigenvalue weighted by molar-refractivity contribution is 5.71. The van der Waals surface area contributed by atoms with Gasteiger partial charge in [-0.15, -0.1) is 0 Å². The maximum absolute atomic E-state index is 12.9. The van der Waals surface area contributed by atoms with E-state index in [1.807, 2.05) is 0 Å². The van der Waals surface area contributed by atoms with E-state index in [9.17, 15) is 14.4 Å². The van der Waals surface area contributed by atoms with Gasteiger partial charge in [0, 0.05) is 19.3 Å². The summed E-state index contributed by atoms with van der Waals surface area (Å²) in [4.78, 5) is 38.3. The summed E-state index contributed by atoms with van der Waals surface area (Å²) in [6.07, 6.45) is 82.0. The Morgan fingerprint density at radius 2 is 0.547 bits per heavy atom. The normalized spacial score (nSPS) is 12.5. The molecule has 0 aliphatic rings. The second kappa shape index (κ2) is 63.4. The first-order valence-electron chi connectivity index (χ1n) is 32.4. The van der Waals surface area contributed by atoms with Crippen molar-refractivity contribution in [3.63, 3.8) is 0 Å². The number of hydrogen-bond acceptors (Lipinski definition) is 6. The van der Waals surface area contributed by atoms with Gasteiger partial charge in [-0.2, -0.15) is 0 Å². The molecule has 0 rings (SSSR count). The Bertz CT molecular complexity index is 1390. The number of esters is 3. The van der Waals surface area contributed by atoms with Crippen LogP contribution in [0.3, 0.4) is 0 Å². The van der Waals surface area contributed by atoms with Gasteiger partial charge in [-0.3, -0.25) is 14.4 Å². The average molecular weight is 1050 g/mol. The summed E-state index contributed by atoms with van der Waals surface area (Å²) in [5.41, 5.74) is 0. The molecule has 6 heteroatoms. The molecule has 6 nitrogen and oxygen atoms in total. The number of rotatable bonds is 59. The largest absolute Gasteiger partial charge is 0.462 e. The zero-order valence-electron chi connectivity index (χ0n) is 49.8. The molecule has 0 aliphatic heterocycles. The van der Waals surface area contributed by atoms with Crippen LogP contribution < -0.4 is 0 Å². The molecular formula is C69H122O6. The van der Waals surface area contributed by atoms with Crippen LogP contribution >= 0.6 is 0 Å². The number of hydrogen-bond donors (Lipinski definition) is 0. The molecule has 0 aromatic heterocycles. The standard InChI is InChI=1S/C69H122O6/c1-4-7-10-13-16-19-22-25-27-29-31-33-34-36-37-39-41-44-47-50-53-56-59-62-68(71)74-65-66(64-73-67(70)61-58-55-52-49-46-43-24-21-18-15-12-9-6-3)75-69(72)63-60-57-54-51-48-45-42-40-38-35-32-30-28-26-23-20-17-14-11-8-5-2/h8,11-12,15,17,20-21,24,26,28,32,35,66H,4-7,9-10,13-14,16,18-19,22-23,25,27,29-31,33-34,36-65H2,1-3H3/b11-8-,15-12-,20-17-,24-21-,28-26-,35-32-. The molecule has 0 aliphatic carbocycles. The third kappa shape index (κ3) is 61.6. The average Bonchev–Trinajstić information content (AvgIpc) is 3.41. The van der Waals surface area contributed by atoms with Crippen molar-refractivity contribution >= 4 is 17.9 Å². The fourth-order valence-electron chi connectivity index (χ4n) is 9.36. The molecule has 0 spiro atoms. The van der Waals surface area contributed by atoms with Crippen LogP contribution in [0.2, 0.25) is 0 Å². The number of ether oxygens (including phenoxy) is 3. The number of carbonyl (C=O) groups excluding carboxylic acids is 3. The molecular weight excluding hydrogens is 925 g/mol. The third-order valence-corrected chi connectivity index (χ3v) is 14.2. The van der Waals surface area contributed by atoms with E-state index in [1.54, 1.807) is 0 Å². The van der Waals surface area contributed by atoms with Crippen molar-refractivity contribution in [2.45, 2.75) is 335 Å². The minimum absolute atomic E-state index is 0.0804. The molecule has 75 heavy (non-hydrogen) atoms. The Morgan fingerprint density at radius 3 is 0.867 bits per heavy atom. The summed E-state index contributed by atoms with van der Waals surface area (Å²) in [6.45, 7) is 6.49. The molecule has 0 aromatic rings. The summed E-state index contributed by atoms with van der Waals surface area (Å²) in [6, 6.07) is 0. The summed E-state index contributed by atoms with van der Waals surface area (Å²) < 4.78 is 16.9. The van der Waals surface area contributed by atoms with Crippen LogP contribution in [0.5, 0.6) is 0 Å². The van der Waals surface area contributed by atoms with Crippen molar-refractivity contribution < 1.29 is 28.6 Å². The van der Waals surface area contributed by atoms with E-state index in [-0.39, 0.29) is 31.1 Å². The van der Waals surface area contributed by atoms with Gasteiger partial charge in [0.15, 0.2) is 6.10 Å². The monoisotopic (exact) mass is 1050 g/mol. The molecule has 434 valence electrons. The maximum atomic E-state index is 12.9. The zero-order valence-corrected chi connectivity index (χ0v) is 49.8. The molecule has 1 unspecified atom stereocenters. The lowest BCUT2D eigenvalue weighted by Gasteiger charge is -2.18. The summed E-state index contributed by atoms with van der Waals surface area (Å²) in [7, 11) is 0. The topological polar surface area (TPSA) is 78.9 Å². The number of unbranched alkanes of at least 4 members (excludes halogenated alkanes) is 36. The van der Waals surface area contributed by atoms with Crippen molar-refractivity contribution in [2.24, 2.45) is 0 Å². The first-order valence-corrected chi connectivity index (χ1v) is 32.4. The molecule has 1 atom stereocenters. The smallest absolute Gasteiger partial charge is 0.306 e. The van der Waals surface area contributed by atoms with E-state index in [0.29, 0.717) is 19.3 Å². The Hall–Kier alpha value is -3.15. The van der Waals surface area contributed by atoms with Crippen molar-refractivity contribution in [1.29, 1.82) is 0 Å². The highest BCUT2D eigenvalue weighted by Crippen LogP contribution is 2.17. The van der Waals surface area contributed by atoms with Crippen molar-refractivity contribution in [1.82, 2.24) is 0 Å². The Labute approximate surface area is 465 Å². The Balaban J connectivity index is 4.30. The van der Waals surface area contributed by atoms with Crippen molar-refractivity contribution in [3.8, 4) is 0 Å². The molecule has 0 fully saturated rings. The first kappa shape index (κ1) is 71.8. The molecule has 0 heterocycles. The van der Waals surface area contributed by atoms with Gasteiger partial charge in [-0.1, -0.05) is 299 Å². The minimum Gasteiger partial charge on any atom is -0.462 e. The SMILES string of the molecule is CC/C=C\C/C=C\C/C=C\C/C=C\CCCCCCCCCCC(=O)OC(COC(=O)CCCCCCC/C=C\C/C=C\CCC)COC(=O)CCCCCCCCCCCCCCCCCCCCCCCCC. The second-order valence-corrected chi connectivity index (χ2v) is 21.6. The quantitative estimate of drug-likeness (QED) is 0.0261. The van der Waals surface area contributed by atoms with Crippen LogP contribution in [0.25, 0.3) is 0 Å². The lowest BCUT2D eigenvalue weighted by atomic mass is 10.0. The summed E-state index contributed by atoms with van der Waals surface area (Å²) in [5, 5.41) is 0. The molecule has 0 N–H and O–H groups in total. The molecule has 0 amide bonds.